The Morgan fingerprint density at radius 3 is 2.67 bits per heavy atom. The zero-order chi connectivity index (χ0) is 14.7. The standard InChI is InChI=1S/C15H15N3O2S/c19-18(20)13-7-4-10-16-14(13)17-11-15(8-9-15)21-12-5-2-1-3-6-12/h1-7,10H,8-9,11H2,(H,16,17). The summed E-state index contributed by atoms with van der Waals surface area (Å²) in [7, 11) is 0. The number of hydrogen-bond acceptors (Lipinski definition) is 5. The molecule has 1 aliphatic rings. The number of nitrogens with one attached hydrogen (secondary N) is 1. The molecule has 0 aliphatic heterocycles. The van der Waals surface area contributed by atoms with E-state index in [1.165, 1.54) is 11.0 Å². The lowest BCUT2D eigenvalue weighted by Crippen LogP contribution is -2.19. The summed E-state index contributed by atoms with van der Waals surface area (Å²) in [6, 6.07) is 13.3. The molecule has 3 rings (SSSR count). The van der Waals surface area contributed by atoms with Crippen molar-refractivity contribution in [2.24, 2.45) is 0 Å². The van der Waals surface area contributed by atoms with Crippen LogP contribution in [0.1, 0.15) is 12.8 Å². The van der Waals surface area contributed by atoms with Crippen molar-refractivity contribution < 1.29 is 4.92 Å². The van der Waals surface area contributed by atoms with Gasteiger partial charge in [-0.25, -0.2) is 4.98 Å². The molecule has 0 bridgehead atoms. The molecular weight excluding hydrogens is 286 g/mol. The number of aromatic nitrogens is 1. The zero-order valence-corrected chi connectivity index (χ0v) is 12.2. The van der Waals surface area contributed by atoms with Crippen LogP contribution < -0.4 is 5.32 Å². The molecule has 1 aromatic heterocycles. The Labute approximate surface area is 126 Å². The first-order valence-electron chi connectivity index (χ1n) is 6.76. The van der Waals surface area contributed by atoms with E-state index in [2.05, 4.69) is 22.4 Å². The van der Waals surface area contributed by atoms with Gasteiger partial charge < -0.3 is 5.32 Å². The maximum Gasteiger partial charge on any atom is 0.311 e. The van der Waals surface area contributed by atoms with Gasteiger partial charge in [-0.2, -0.15) is 0 Å². The SMILES string of the molecule is O=[N+]([O-])c1cccnc1NCC1(Sc2ccccc2)CC1. The molecule has 1 aromatic carbocycles. The number of benzene rings is 1. The van der Waals surface area contributed by atoms with E-state index >= 15 is 0 Å². The molecule has 0 atom stereocenters. The van der Waals surface area contributed by atoms with E-state index in [9.17, 15) is 10.1 Å². The Bertz CT molecular complexity index is 644. The van der Waals surface area contributed by atoms with E-state index in [1.807, 2.05) is 30.0 Å². The normalized spacial score (nSPS) is 15.4. The van der Waals surface area contributed by atoms with Gasteiger partial charge in [0, 0.05) is 28.5 Å². The Morgan fingerprint density at radius 1 is 1.24 bits per heavy atom. The monoisotopic (exact) mass is 301 g/mol. The summed E-state index contributed by atoms with van der Waals surface area (Å²) in [6.45, 7) is 0.685. The Balaban J connectivity index is 1.67. The van der Waals surface area contributed by atoms with Crippen molar-refractivity contribution in [3.05, 3.63) is 58.8 Å². The molecule has 1 heterocycles. The molecule has 0 unspecified atom stereocenters. The van der Waals surface area contributed by atoms with Crippen LogP contribution in [0.3, 0.4) is 0 Å². The quantitative estimate of drug-likeness (QED) is 0.650. The number of rotatable bonds is 6. The summed E-state index contributed by atoms with van der Waals surface area (Å²) in [5.41, 5.74) is 0.0259. The number of anilines is 1. The van der Waals surface area contributed by atoms with E-state index in [1.54, 1.807) is 12.3 Å². The van der Waals surface area contributed by atoms with E-state index in [-0.39, 0.29) is 10.4 Å². The summed E-state index contributed by atoms with van der Waals surface area (Å²) < 4.78 is 0.132. The molecule has 1 aliphatic carbocycles. The van der Waals surface area contributed by atoms with Crippen LogP contribution in [-0.2, 0) is 0 Å². The third-order valence-corrected chi connectivity index (χ3v) is 4.94. The van der Waals surface area contributed by atoms with Gasteiger partial charge in [-0.1, -0.05) is 18.2 Å². The highest BCUT2D eigenvalue weighted by Crippen LogP contribution is 2.51. The van der Waals surface area contributed by atoms with Crippen molar-refractivity contribution in [2.75, 3.05) is 11.9 Å². The molecule has 2 aromatic rings. The van der Waals surface area contributed by atoms with Crippen molar-refractivity contribution >= 4 is 23.3 Å². The lowest BCUT2D eigenvalue weighted by atomic mass is 10.3. The highest BCUT2D eigenvalue weighted by molar-refractivity contribution is 8.01. The minimum Gasteiger partial charge on any atom is -0.363 e. The molecule has 1 N–H and O–H groups in total. The average molecular weight is 301 g/mol. The summed E-state index contributed by atoms with van der Waals surface area (Å²) in [6.07, 6.45) is 3.79. The maximum absolute atomic E-state index is 11.0. The molecule has 5 nitrogen and oxygen atoms in total. The fraction of sp³-hybridized carbons (Fsp3) is 0.267. The van der Waals surface area contributed by atoms with Gasteiger partial charge in [-0.3, -0.25) is 10.1 Å². The second kappa shape index (κ2) is 5.73. The molecular formula is C15H15N3O2S. The van der Waals surface area contributed by atoms with Gasteiger partial charge in [0.15, 0.2) is 0 Å². The molecule has 0 radical (unpaired) electrons. The molecule has 6 heteroatoms. The molecule has 1 fully saturated rings. The van der Waals surface area contributed by atoms with Crippen molar-refractivity contribution in [1.29, 1.82) is 0 Å². The van der Waals surface area contributed by atoms with Crippen LogP contribution in [0.25, 0.3) is 0 Å². The van der Waals surface area contributed by atoms with Crippen molar-refractivity contribution in [2.45, 2.75) is 22.5 Å². The van der Waals surface area contributed by atoms with Crippen LogP contribution in [0.4, 0.5) is 11.5 Å². The van der Waals surface area contributed by atoms with Crippen LogP contribution in [0.5, 0.6) is 0 Å². The lowest BCUT2D eigenvalue weighted by molar-refractivity contribution is -0.384. The second-order valence-electron chi connectivity index (χ2n) is 5.08. The highest BCUT2D eigenvalue weighted by atomic mass is 32.2. The van der Waals surface area contributed by atoms with Gasteiger partial charge >= 0.3 is 5.69 Å². The maximum atomic E-state index is 11.0. The first-order valence-corrected chi connectivity index (χ1v) is 7.58. The summed E-state index contributed by atoms with van der Waals surface area (Å²) >= 11 is 1.83. The van der Waals surface area contributed by atoms with Crippen molar-refractivity contribution in [1.82, 2.24) is 4.98 Å². The van der Waals surface area contributed by atoms with Crippen LogP contribution in [-0.4, -0.2) is 21.2 Å². The molecule has 21 heavy (non-hydrogen) atoms. The van der Waals surface area contributed by atoms with Gasteiger partial charge in [0.2, 0.25) is 5.82 Å². The largest absolute Gasteiger partial charge is 0.363 e. The van der Waals surface area contributed by atoms with Gasteiger partial charge in [-0.15, -0.1) is 11.8 Å². The highest BCUT2D eigenvalue weighted by Gasteiger charge is 2.43. The summed E-state index contributed by atoms with van der Waals surface area (Å²) in [5, 5.41) is 14.1. The van der Waals surface area contributed by atoms with Crippen LogP contribution in [0.15, 0.2) is 53.6 Å². The predicted molar refractivity (Wildman–Crippen MR) is 83.6 cm³/mol. The lowest BCUT2D eigenvalue weighted by Gasteiger charge is -2.16. The van der Waals surface area contributed by atoms with Gasteiger partial charge in [0.25, 0.3) is 0 Å². The number of nitrogens with zero attached hydrogens (tertiary/aromatic N) is 2. The topological polar surface area (TPSA) is 68.1 Å². The van der Waals surface area contributed by atoms with E-state index in [4.69, 9.17) is 0 Å². The van der Waals surface area contributed by atoms with Gasteiger partial charge in [-0.05, 0) is 31.0 Å². The minimum absolute atomic E-state index is 0.0259. The first-order chi connectivity index (χ1) is 10.2. The van der Waals surface area contributed by atoms with E-state index in [0.29, 0.717) is 12.4 Å². The molecule has 0 spiro atoms. The minimum atomic E-state index is -0.404. The molecule has 0 saturated heterocycles. The smallest absolute Gasteiger partial charge is 0.311 e. The second-order valence-corrected chi connectivity index (χ2v) is 6.62. The van der Waals surface area contributed by atoms with Crippen molar-refractivity contribution in [3.8, 4) is 0 Å². The van der Waals surface area contributed by atoms with Crippen LogP contribution in [0, 0.1) is 10.1 Å². The number of pyridine rings is 1. The van der Waals surface area contributed by atoms with E-state index in [0.717, 1.165) is 12.8 Å². The fourth-order valence-electron chi connectivity index (χ4n) is 2.12. The number of nitro groups is 1. The Kier molecular flexibility index (Phi) is 3.79. The Hall–Kier alpha value is -2.08. The first kappa shape index (κ1) is 13.9. The molecule has 0 amide bonds. The van der Waals surface area contributed by atoms with Gasteiger partial charge in [0.05, 0.1) is 4.92 Å². The van der Waals surface area contributed by atoms with Crippen LogP contribution in [0.2, 0.25) is 0 Å². The van der Waals surface area contributed by atoms with Crippen LogP contribution >= 0.6 is 11.8 Å². The number of thioether (sulfide) groups is 1. The van der Waals surface area contributed by atoms with Gasteiger partial charge in [0.1, 0.15) is 0 Å². The summed E-state index contributed by atoms with van der Waals surface area (Å²) in [5.74, 6) is 0.349. The molecule has 1 saturated carbocycles. The fourth-order valence-corrected chi connectivity index (χ4v) is 3.36. The Morgan fingerprint density at radius 2 is 2.00 bits per heavy atom. The summed E-state index contributed by atoms with van der Waals surface area (Å²) in [4.78, 5) is 15.9. The zero-order valence-electron chi connectivity index (χ0n) is 11.4. The van der Waals surface area contributed by atoms with Crippen molar-refractivity contribution in [3.63, 3.8) is 0 Å². The molecule has 108 valence electrons. The third kappa shape index (κ3) is 3.33. The third-order valence-electron chi connectivity index (χ3n) is 3.45. The predicted octanol–water partition coefficient (Wildman–Crippen LogP) is 3.73. The van der Waals surface area contributed by atoms with E-state index < -0.39 is 4.92 Å². The number of hydrogen-bond donors (Lipinski definition) is 1. The average Bonchev–Trinajstić information content (AvgIpc) is 3.26.